The number of methoxy groups -OCH3 is 1. The van der Waals surface area contributed by atoms with Crippen molar-refractivity contribution in [1.82, 2.24) is 4.90 Å². The average molecular weight is 270 g/mol. The Bertz CT molecular complexity index is 262. The fraction of sp³-hybridized carbons (Fsp3) is 1.00. The van der Waals surface area contributed by atoms with Crippen LogP contribution >= 0.6 is 0 Å². The van der Waals surface area contributed by atoms with Crippen molar-refractivity contribution in [2.75, 3.05) is 27.3 Å². The molecular formula is C16H34N2O. The molecule has 3 heteroatoms. The second-order valence-corrected chi connectivity index (χ2v) is 7.41. The van der Waals surface area contributed by atoms with Crippen molar-refractivity contribution >= 4 is 0 Å². The fourth-order valence-corrected chi connectivity index (χ4v) is 3.46. The van der Waals surface area contributed by atoms with Crippen LogP contribution in [0, 0.1) is 17.3 Å². The summed E-state index contributed by atoms with van der Waals surface area (Å²) in [5, 5.41) is 0. The lowest BCUT2D eigenvalue weighted by molar-refractivity contribution is 0.0181. The highest BCUT2D eigenvalue weighted by atomic mass is 16.5. The molecule has 114 valence electrons. The molecule has 19 heavy (non-hydrogen) atoms. The van der Waals surface area contributed by atoms with E-state index in [-0.39, 0.29) is 0 Å². The Morgan fingerprint density at radius 1 is 1.32 bits per heavy atom. The van der Waals surface area contributed by atoms with E-state index < -0.39 is 0 Å². The molecule has 0 heterocycles. The topological polar surface area (TPSA) is 38.5 Å². The minimum Gasteiger partial charge on any atom is -0.383 e. The van der Waals surface area contributed by atoms with Gasteiger partial charge in [-0.15, -0.1) is 0 Å². The van der Waals surface area contributed by atoms with Crippen LogP contribution in [0.4, 0.5) is 0 Å². The van der Waals surface area contributed by atoms with Crippen molar-refractivity contribution in [3.8, 4) is 0 Å². The van der Waals surface area contributed by atoms with E-state index in [2.05, 4.69) is 39.6 Å². The monoisotopic (exact) mass is 270 g/mol. The SMILES string of the molecule is COCC(C)N(C)C1CC(C(C)(C)C)CCC1CN. The highest BCUT2D eigenvalue weighted by Gasteiger charge is 2.37. The van der Waals surface area contributed by atoms with Gasteiger partial charge in [-0.2, -0.15) is 0 Å². The molecule has 1 saturated carbocycles. The van der Waals surface area contributed by atoms with E-state index in [0.29, 0.717) is 23.4 Å². The largest absolute Gasteiger partial charge is 0.383 e. The van der Waals surface area contributed by atoms with Crippen molar-refractivity contribution in [3.63, 3.8) is 0 Å². The van der Waals surface area contributed by atoms with Gasteiger partial charge in [0.2, 0.25) is 0 Å². The van der Waals surface area contributed by atoms with Gasteiger partial charge in [-0.25, -0.2) is 0 Å². The molecule has 0 aliphatic heterocycles. The molecule has 1 aliphatic rings. The summed E-state index contributed by atoms with van der Waals surface area (Å²) in [5.41, 5.74) is 6.41. The maximum absolute atomic E-state index is 6.00. The molecule has 3 nitrogen and oxygen atoms in total. The predicted molar refractivity (Wildman–Crippen MR) is 82.2 cm³/mol. The van der Waals surface area contributed by atoms with Crippen molar-refractivity contribution in [1.29, 1.82) is 0 Å². The molecule has 4 atom stereocenters. The van der Waals surface area contributed by atoms with Crippen LogP contribution < -0.4 is 5.73 Å². The van der Waals surface area contributed by atoms with Crippen LogP contribution in [-0.4, -0.2) is 44.3 Å². The summed E-state index contributed by atoms with van der Waals surface area (Å²) >= 11 is 0. The third-order valence-electron chi connectivity index (χ3n) is 5.11. The van der Waals surface area contributed by atoms with Crippen LogP contribution in [-0.2, 0) is 4.74 Å². The molecule has 0 spiro atoms. The van der Waals surface area contributed by atoms with Crippen LogP contribution in [0.3, 0.4) is 0 Å². The van der Waals surface area contributed by atoms with Crippen LogP contribution in [0.2, 0.25) is 0 Å². The molecule has 1 rings (SSSR count). The molecule has 4 unspecified atom stereocenters. The lowest BCUT2D eigenvalue weighted by Crippen LogP contribution is -2.50. The predicted octanol–water partition coefficient (Wildman–Crippen LogP) is 2.74. The Kier molecular flexibility index (Phi) is 6.28. The molecule has 1 aliphatic carbocycles. The Hall–Kier alpha value is -0.120. The van der Waals surface area contributed by atoms with Crippen LogP contribution in [0.15, 0.2) is 0 Å². The summed E-state index contributed by atoms with van der Waals surface area (Å²) < 4.78 is 5.31. The summed E-state index contributed by atoms with van der Waals surface area (Å²) in [6.07, 6.45) is 3.87. The normalized spacial score (nSPS) is 30.6. The maximum atomic E-state index is 6.00. The molecule has 0 aromatic heterocycles. The summed E-state index contributed by atoms with van der Waals surface area (Å²) in [6, 6.07) is 1.07. The minimum absolute atomic E-state index is 0.406. The van der Waals surface area contributed by atoms with Gasteiger partial charge in [-0.1, -0.05) is 20.8 Å². The van der Waals surface area contributed by atoms with Gasteiger partial charge in [0, 0.05) is 19.2 Å². The van der Waals surface area contributed by atoms with Crippen LogP contribution in [0.25, 0.3) is 0 Å². The zero-order valence-electron chi connectivity index (χ0n) is 13.8. The Morgan fingerprint density at radius 3 is 2.42 bits per heavy atom. The average Bonchev–Trinajstić information content (AvgIpc) is 2.36. The number of hydrogen-bond donors (Lipinski definition) is 1. The maximum Gasteiger partial charge on any atom is 0.0615 e. The molecule has 0 bridgehead atoms. The quantitative estimate of drug-likeness (QED) is 0.835. The van der Waals surface area contributed by atoms with E-state index in [1.807, 2.05) is 0 Å². The van der Waals surface area contributed by atoms with Crippen molar-refractivity contribution in [2.24, 2.45) is 23.0 Å². The lowest BCUT2D eigenvalue weighted by atomic mass is 9.67. The third-order valence-corrected chi connectivity index (χ3v) is 5.11. The first kappa shape index (κ1) is 16.9. The van der Waals surface area contributed by atoms with Gasteiger partial charge in [0.05, 0.1) is 6.61 Å². The molecule has 0 aromatic carbocycles. The summed E-state index contributed by atoms with van der Waals surface area (Å²) in [4.78, 5) is 2.50. The smallest absolute Gasteiger partial charge is 0.0615 e. The van der Waals surface area contributed by atoms with Gasteiger partial charge in [0.1, 0.15) is 0 Å². The van der Waals surface area contributed by atoms with Gasteiger partial charge in [0.15, 0.2) is 0 Å². The number of nitrogens with zero attached hydrogens (tertiary/aromatic N) is 1. The zero-order chi connectivity index (χ0) is 14.6. The van der Waals surface area contributed by atoms with E-state index in [0.717, 1.165) is 19.1 Å². The number of hydrogen-bond acceptors (Lipinski definition) is 3. The van der Waals surface area contributed by atoms with Crippen LogP contribution in [0.1, 0.15) is 47.0 Å². The Morgan fingerprint density at radius 2 is 1.95 bits per heavy atom. The number of nitrogens with two attached hydrogens (primary N) is 1. The van der Waals surface area contributed by atoms with E-state index in [4.69, 9.17) is 10.5 Å². The second kappa shape index (κ2) is 7.05. The molecule has 1 fully saturated rings. The number of likely N-dealkylation sites (N-methyl/N-ethyl adjacent to an activating group) is 1. The highest BCUT2D eigenvalue weighted by molar-refractivity contribution is 4.91. The third kappa shape index (κ3) is 4.44. The number of rotatable bonds is 5. The summed E-state index contributed by atoms with van der Waals surface area (Å²) in [7, 11) is 4.02. The number of ether oxygens (including phenoxy) is 1. The van der Waals surface area contributed by atoms with Crippen molar-refractivity contribution in [3.05, 3.63) is 0 Å². The van der Waals surface area contributed by atoms with E-state index in [1.165, 1.54) is 19.3 Å². The Labute approximate surface area is 119 Å². The first-order valence-corrected chi connectivity index (χ1v) is 7.72. The zero-order valence-corrected chi connectivity index (χ0v) is 13.8. The first-order valence-electron chi connectivity index (χ1n) is 7.72. The van der Waals surface area contributed by atoms with Crippen LogP contribution in [0.5, 0.6) is 0 Å². The van der Waals surface area contributed by atoms with Gasteiger partial charge in [-0.05, 0) is 57.0 Å². The van der Waals surface area contributed by atoms with E-state index in [1.54, 1.807) is 7.11 Å². The van der Waals surface area contributed by atoms with E-state index >= 15 is 0 Å². The minimum atomic E-state index is 0.406. The van der Waals surface area contributed by atoms with Gasteiger partial charge in [-0.3, -0.25) is 4.90 Å². The van der Waals surface area contributed by atoms with Crippen molar-refractivity contribution in [2.45, 2.75) is 59.0 Å². The van der Waals surface area contributed by atoms with Gasteiger partial charge in [0.25, 0.3) is 0 Å². The fourth-order valence-electron chi connectivity index (χ4n) is 3.46. The molecular weight excluding hydrogens is 236 g/mol. The molecule has 0 radical (unpaired) electrons. The molecule has 2 N–H and O–H groups in total. The lowest BCUT2D eigenvalue weighted by Gasteiger charge is -2.46. The molecule has 0 saturated heterocycles. The molecule has 0 amide bonds. The molecule has 0 aromatic rings. The second-order valence-electron chi connectivity index (χ2n) is 7.41. The Balaban J connectivity index is 2.74. The first-order chi connectivity index (χ1) is 8.81. The summed E-state index contributed by atoms with van der Waals surface area (Å²) in [6.45, 7) is 11.0. The standard InChI is InChI=1S/C16H34N2O/c1-12(11-19-6)18(5)15-9-14(16(2,3)4)8-7-13(15)10-17/h12-15H,7-11,17H2,1-6H3. The van der Waals surface area contributed by atoms with Gasteiger partial charge < -0.3 is 10.5 Å². The summed E-state index contributed by atoms with van der Waals surface area (Å²) in [5.74, 6) is 1.44. The highest BCUT2D eigenvalue weighted by Crippen LogP contribution is 2.41. The van der Waals surface area contributed by atoms with E-state index in [9.17, 15) is 0 Å². The van der Waals surface area contributed by atoms with Crippen molar-refractivity contribution < 1.29 is 4.74 Å². The van der Waals surface area contributed by atoms with Gasteiger partial charge >= 0.3 is 0 Å².